The van der Waals surface area contributed by atoms with Crippen molar-refractivity contribution in [3.8, 4) is 0 Å². The van der Waals surface area contributed by atoms with Gasteiger partial charge < -0.3 is 14.8 Å². The molecule has 1 heterocycles. The van der Waals surface area contributed by atoms with Crippen molar-refractivity contribution in [1.82, 2.24) is 10.2 Å². The Hall–Kier alpha value is -3.09. The van der Waals surface area contributed by atoms with Gasteiger partial charge in [-0.25, -0.2) is 9.59 Å². The third-order valence-corrected chi connectivity index (χ3v) is 4.17. The molecule has 0 saturated carbocycles. The number of nitrogens with zero attached hydrogens (tertiary/aromatic N) is 1. The number of hydrogen-bond donors (Lipinski definition) is 1. The van der Waals surface area contributed by atoms with E-state index in [0.29, 0.717) is 12.8 Å². The van der Waals surface area contributed by atoms with Gasteiger partial charge in [-0.2, -0.15) is 0 Å². The molecule has 1 aliphatic heterocycles. The van der Waals surface area contributed by atoms with Gasteiger partial charge >= 0.3 is 12.1 Å². The first-order valence-corrected chi connectivity index (χ1v) is 8.73. The number of esters is 1. The lowest BCUT2D eigenvalue weighted by atomic mass is 9.91. The summed E-state index contributed by atoms with van der Waals surface area (Å²) in [5.74, 6) is -0.979. The standard InChI is InChI=1S/C20H24N2O5/c1-4-9-15-17(18(23)22(15)16(10-5-2)19(24)26-3)21-20(25)27-13-14-11-7-6-8-12-14/h4,6-8,10-12,15,17H,1,5,9,13H2,2-3H3,(H,21,25)/t15-,17-/m1/s1. The number of hydrogen-bond acceptors (Lipinski definition) is 5. The Bertz CT molecular complexity index is 729. The Morgan fingerprint density at radius 2 is 2.00 bits per heavy atom. The number of carbonyl (C=O) groups excluding carboxylic acids is 3. The molecule has 27 heavy (non-hydrogen) atoms. The first-order valence-electron chi connectivity index (χ1n) is 8.73. The smallest absolute Gasteiger partial charge is 0.408 e. The number of alkyl carbamates (subject to hydrolysis) is 1. The average molecular weight is 372 g/mol. The van der Waals surface area contributed by atoms with Crippen LogP contribution in [0.4, 0.5) is 4.79 Å². The monoisotopic (exact) mass is 372 g/mol. The molecule has 1 aromatic carbocycles. The van der Waals surface area contributed by atoms with E-state index in [1.165, 1.54) is 12.0 Å². The maximum Gasteiger partial charge on any atom is 0.408 e. The van der Waals surface area contributed by atoms with Crippen LogP contribution in [0.3, 0.4) is 0 Å². The van der Waals surface area contributed by atoms with E-state index < -0.39 is 24.1 Å². The third-order valence-electron chi connectivity index (χ3n) is 4.17. The van der Waals surface area contributed by atoms with Crippen LogP contribution in [0, 0.1) is 0 Å². The van der Waals surface area contributed by atoms with Crippen molar-refractivity contribution in [2.24, 2.45) is 0 Å². The molecule has 0 spiro atoms. The van der Waals surface area contributed by atoms with Crippen molar-refractivity contribution < 1.29 is 23.9 Å². The van der Waals surface area contributed by atoms with E-state index >= 15 is 0 Å². The van der Waals surface area contributed by atoms with Gasteiger partial charge in [0.2, 0.25) is 0 Å². The van der Waals surface area contributed by atoms with E-state index in [0.717, 1.165) is 5.56 Å². The van der Waals surface area contributed by atoms with Gasteiger partial charge in [-0.05, 0) is 18.4 Å². The molecule has 144 valence electrons. The minimum atomic E-state index is -0.781. The van der Waals surface area contributed by atoms with Crippen molar-refractivity contribution in [2.45, 2.75) is 38.5 Å². The van der Waals surface area contributed by atoms with Crippen LogP contribution < -0.4 is 5.32 Å². The molecule has 1 aliphatic rings. The Morgan fingerprint density at radius 1 is 1.30 bits per heavy atom. The van der Waals surface area contributed by atoms with Crippen molar-refractivity contribution in [3.05, 3.63) is 60.3 Å². The Morgan fingerprint density at radius 3 is 2.59 bits per heavy atom. The minimum Gasteiger partial charge on any atom is -0.464 e. The van der Waals surface area contributed by atoms with Crippen molar-refractivity contribution >= 4 is 18.0 Å². The molecular weight excluding hydrogens is 348 g/mol. The van der Waals surface area contributed by atoms with Crippen molar-refractivity contribution in [2.75, 3.05) is 7.11 Å². The molecule has 0 radical (unpaired) electrons. The van der Waals surface area contributed by atoms with Gasteiger partial charge in [0.05, 0.1) is 13.2 Å². The predicted octanol–water partition coefficient (Wildman–Crippen LogP) is 2.54. The lowest BCUT2D eigenvalue weighted by molar-refractivity contribution is -0.153. The quantitative estimate of drug-likeness (QED) is 0.328. The summed E-state index contributed by atoms with van der Waals surface area (Å²) in [6.45, 7) is 5.64. The van der Waals surface area contributed by atoms with Crippen LogP contribution in [-0.4, -0.2) is 42.1 Å². The molecule has 7 nitrogen and oxygen atoms in total. The van der Waals surface area contributed by atoms with Gasteiger partial charge in [0.25, 0.3) is 5.91 Å². The molecule has 2 amide bonds. The normalized spacial score (nSPS) is 19.1. The first kappa shape index (κ1) is 20.2. The number of methoxy groups -OCH3 is 1. The highest BCUT2D eigenvalue weighted by atomic mass is 16.5. The van der Waals surface area contributed by atoms with Crippen LogP contribution in [0.2, 0.25) is 0 Å². The number of rotatable bonds is 8. The highest BCUT2D eigenvalue weighted by Crippen LogP contribution is 2.29. The molecule has 1 fully saturated rings. The van der Waals surface area contributed by atoms with Gasteiger partial charge in [-0.3, -0.25) is 9.69 Å². The van der Waals surface area contributed by atoms with Crippen LogP contribution >= 0.6 is 0 Å². The van der Waals surface area contributed by atoms with Crippen LogP contribution in [-0.2, 0) is 25.7 Å². The predicted molar refractivity (Wildman–Crippen MR) is 99.4 cm³/mol. The molecule has 1 N–H and O–H groups in total. The molecule has 2 atom stereocenters. The zero-order valence-electron chi connectivity index (χ0n) is 15.5. The van der Waals surface area contributed by atoms with E-state index in [1.807, 2.05) is 37.3 Å². The number of benzene rings is 1. The van der Waals surface area contributed by atoms with Gasteiger partial charge in [-0.15, -0.1) is 6.58 Å². The zero-order valence-corrected chi connectivity index (χ0v) is 15.5. The number of amides is 2. The topological polar surface area (TPSA) is 84.9 Å². The second kappa shape index (κ2) is 9.56. The molecule has 0 aliphatic carbocycles. The second-order valence-corrected chi connectivity index (χ2v) is 5.97. The number of likely N-dealkylation sites (tertiary alicyclic amines) is 1. The van der Waals surface area contributed by atoms with Gasteiger partial charge in [-0.1, -0.05) is 49.4 Å². The lowest BCUT2D eigenvalue weighted by Gasteiger charge is -2.46. The van der Waals surface area contributed by atoms with Crippen molar-refractivity contribution in [1.29, 1.82) is 0 Å². The Kier molecular flexibility index (Phi) is 7.16. The number of allylic oxidation sites excluding steroid dienone is 1. The number of carbonyl (C=O) groups is 3. The number of β-lactam (4-membered cyclic amide) rings is 1. The molecule has 1 aromatic rings. The molecule has 0 bridgehead atoms. The van der Waals surface area contributed by atoms with E-state index in [-0.39, 0.29) is 18.2 Å². The summed E-state index contributed by atoms with van der Waals surface area (Å²) in [4.78, 5) is 38.0. The first-order chi connectivity index (χ1) is 13.0. The maximum absolute atomic E-state index is 12.6. The van der Waals surface area contributed by atoms with Crippen LogP contribution in [0.1, 0.15) is 25.3 Å². The Balaban J connectivity index is 2.03. The van der Waals surface area contributed by atoms with E-state index in [9.17, 15) is 14.4 Å². The van der Waals surface area contributed by atoms with Crippen LogP contribution in [0.5, 0.6) is 0 Å². The molecule has 0 unspecified atom stereocenters. The fourth-order valence-corrected chi connectivity index (χ4v) is 2.88. The van der Waals surface area contributed by atoms with E-state index in [4.69, 9.17) is 9.47 Å². The average Bonchev–Trinajstić information content (AvgIpc) is 2.69. The van der Waals surface area contributed by atoms with Gasteiger partial charge in [0, 0.05) is 0 Å². The number of nitrogens with one attached hydrogen (secondary N) is 1. The van der Waals surface area contributed by atoms with Crippen LogP contribution in [0.15, 0.2) is 54.8 Å². The van der Waals surface area contributed by atoms with E-state index in [1.54, 1.807) is 12.2 Å². The fraction of sp³-hybridized carbons (Fsp3) is 0.350. The molecule has 0 aromatic heterocycles. The molecule has 7 heteroatoms. The fourth-order valence-electron chi connectivity index (χ4n) is 2.88. The second-order valence-electron chi connectivity index (χ2n) is 5.97. The largest absolute Gasteiger partial charge is 0.464 e. The zero-order chi connectivity index (χ0) is 19.8. The molecule has 1 saturated heterocycles. The molecular formula is C20H24N2O5. The summed E-state index contributed by atoms with van der Waals surface area (Å²) in [5.41, 5.74) is 1.02. The summed E-state index contributed by atoms with van der Waals surface area (Å²) < 4.78 is 9.93. The maximum atomic E-state index is 12.6. The highest BCUT2D eigenvalue weighted by Gasteiger charge is 2.50. The third kappa shape index (κ3) is 4.75. The minimum absolute atomic E-state index is 0.104. The van der Waals surface area contributed by atoms with Crippen molar-refractivity contribution in [3.63, 3.8) is 0 Å². The number of ether oxygens (including phenoxy) is 2. The Labute approximate surface area is 158 Å². The summed E-state index contributed by atoms with van der Waals surface area (Å²) in [6, 6.07) is 8.03. The SMILES string of the molecule is C=CC[C@@H]1[C@@H](NC(=O)OCc2ccccc2)C(=O)N1C(=CCC)C(=O)OC. The molecule has 2 rings (SSSR count). The summed E-state index contributed by atoms with van der Waals surface area (Å²) in [5, 5.41) is 2.58. The summed E-state index contributed by atoms with van der Waals surface area (Å²) in [6.07, 6.45) is 3.54. The van der Waals surface area contributed by atoms with Gasteiger partial charge in [0.1, 0.15) is 18.3 Å². The highest BCUT2D eigenvalue weighted by molar-refractivity contribution is 6.01. The summed E-state index contributed by atoms with van der Waals surface area (Å²) >= 11 is 0. The van der Waals surface area contributed by atoms with Crippen LogP contribution in [0.25, 0.3) is 0 Å². The summed E-state index contributed by atoms with van der Waals surface area (Å²) in [7, 11) is 1.26. The lowest BCUT2D eigenvalue weighted by Crippen LogP contribution is -2.70. The van der Waals surface area contributed by atoms with Gasteiger partial charge in [0.15, 0.2) is 0 Å². The van der Waals surface area contributed by atoms with E-state index in [2.05, 4.69) is 11.9 Å².